The number of unbranched alkanes of at least 4 members (excludes halogenated alkanes) is 8. The van der Waals surface area contributed by atoms with Gasteiger partial charge in [0.2, 0.25) is 0 Å². The third kappa shape index (κ3) is 13.7. The van der Waals surface area contributed by atoms with E-state index in [1.165, 1.54) is 57.8 Å². The molecule has 0 bridgehead atoms. The van der Waals surface area contributed by atoms with Gasteiger partial charge >= 0.3 is 0 Å². The molecule has 0 unspecified atom stereocenters. The molecule has 0 spiro atoms. The molecule has 0 radical (unpaired) electrons. The Kier molecular flexibility index (Phi) is 13.4. The molecule has 0 saturated heterocycles. The molecule has 0 amide bonds. The molecular formula is C14H29N. The first-order valence-electron chi connectivity index (χ1n) is 6.77. The van der Waals surface area contributed by atoms with Crippen LogP contribution < -0.4 is 5.73 Å². The lowest BCUT2D eigenvalue weighted by Crippen LogP contribution is -1.94. The Morgan fingerprint density at radius 3 is 1.87 bits per heavy atom. The minimum absolute atomic E-state index is 0.786. The molecule has 1 nitrogen and oxygen atoms in total. The predicted molar refractivity (Wildman–Crippen MR) is 70.0 cm³/mol. The zero-order valence-electron chi connectivity index (χ0n) is 10.5. The first-order valence-corrected chi connectivity index (χ1v) is 6.77. The lowest BCUT2D eigenvalue weighted by atomic mass is 10.1. The molecule has 1 heteroatoms. The fourth-order valence-electron chi connectivity index (χ4n) is 1.73. The van der Waals surface area contributed by atoms with Crippen molar-refractivity contribution in [2.45, 2.75) is 71.1 Å². The quantitative estimate of drug-likeness (QED) is 0.397. The second-order valence-corrected chi connectivity index (χ2v) is 4.31. The summed E-state index contributed by atoms with van der Waals surface area (Å²) in [5, 5.41) is 0. The molecular weight excluding hydrogens is 182 g/mol. The molecule has 0 aromatic carbocycles. The number of nitrogens with two attached hydrogens (primary N) is 1. The number of rotatable bonds is 11. The number of hydrogen-bond acceptors (Lipinski definition) is 1. The van der Waals surface area contributed by atoms with E-state index in [0.717, 1.165) is 13.0 Å². The van der Waals surface area contributed by atoms with Crippen molar-refractivity contribution in [2.24, 2.45) is 5.73 Å². The van der Waals surface area contributed by atoms with E-state index < -0.39 is 0 Å². The minimum Gasteiger partial charge on any atom is -0.330 e. The third-order valence-corrected chi connectivity index (χ3v) is 2.72. The minimum atomic E-state index is 0.786. The highest BCUT2D eigenvalue weighted by Gasteiger charge is 1.90. The summed E-state index contributed by atoms with van der Waals surface area (Å²) in [6, 6.07) is 0. The van der Waals surface area contributed by atoms with Crippen molar-refractivity contribution in [1.82, 2.24) is 0 Å². The molecule has 15 heavy (non-hydrogen) atoms. The highest BCUT2D eigenvalue weighted by molar-refractivity contribution is 4.81. The van der Waals surface area contributed by atoms with Crippen LogP contribution in [0.2, 0.25) is 0 Å². The van der Waals surface area contributed by atoms with Crippen molar-refractivity contribution in [2.75, 3.05) is 6.54 Å². The van der Waals surface area contributed by atoms with Gasteiger partial charge in [-0.05, 0) is 25.8 Å². The van der Waals surface area contributed by atoms with Gasteiger partial charge in [-0.2, -0.15) is 0 Å². The summed E-state index contributed by atoms with van der Waals surface area (Å²) in [6.45, 7) is 3.06. The molecule has 0 aromatic rings. The first kappa shape index (κ1) is 14.7. The van der Waals surface area contributed by atoms with Crippen LogP contribution in [0.3, 0.4) is 0 Å². The van der Waals surface area contributed by atoms with E-state index in [0.29, 0.717) is 0 Å². The lowest BCUT2D eigenvalue weighted by Gasteiger charge is -1.99. The van der Waals surface area contributed by atoms with Crippen LogP contribution in [0.25, 0.3) is 0 Å². The second kappa shape index (κ2) is 13.7. The molecule has 90 valence electrons. The fourth-order valence-corrected chi connectivity index (χ4v) is 1.73. The van der Waals surface area contributed by atoms with E-state index >= 15 is 0 Å². The summed E-state index contributed by atoms with van der Waals surface area (Å²) in [6.07, 6.45) is 18.0. The largest absolute Gasteiger partial charge is 0.330 e. The van der Waals surface area contributed by atoms with Crippen molar-refractivity contribution >= 4 is 0 Å². The molecule has 0 fully saturated rings. The predicted octanol–water partition coefficient (Wildman–Crippen LogP) is 4.42. The van der Waals surface area contributed by atoms with E-state index in [1.54, 1.807) is 0 Å². The average molecular weight is 211 g/mol. The van der Waals surface area contributed by atoms with Crippen LogP contribution in [0.1, 0.15) is 71.1 Å². The Balaban J connectivity index is 2.92. The Hall–Kier alpha value is -0.300. The molecule has 0 aliphatic rings. The van der Waals surface area contributed by atoms with Crippen LogP contribution in [0.5, 0.6) is 0 Å². The summed E-state index contributed by atoms with van der Waals surface area (Å²) in [5.41, 5.74) is 5.40. The summed E-state index contributed by atoms with van der Waals surface area (Å²) in [7, 11) is 0. The second-order valence-electron chi connectivity index (χ2n) is 4.31. The van der Waals surface area contributed by atoms with Crippen molar-refractivity contribution in [3.05, 3.63) is 12.2 Å². The van der Waals surface area contributed by atoms with Crippen molar-refractivity contribution in [1.29, 1.82) is 0 Å². The number of allylic oxidation sites excluding steroid dienone is 1. The molecule has 0 aliphatic heterocycles. The monoisotopic (exact) mass is 211 g/mol. The zero-order chi connectivity index (χ0) is 11.2. The summed E-state index contributed by atoms with van der Waals surface area (Å²) in [5.74, 6) is 0. The molecule has 2 N–H and O–H groups in total. The van der Waals surface area contributed by atoms with Gasteiger partial charge in [-0.3, -0.25) is 0 Å². The SMILES string of the molecule is CCCCCCCCCCC=CCCN. The van der Waals surface area contributed by atoms with Gasteiger partial charge < -0.3 is 5.73 Å². The Labute approximate surface area is 96.1 Å². The molecule has 0 saturated carbocycles. The van der Waals surface area contributed by atoms with E-state index in [4.69, 9.17) is 5.73 Å². The van der Waals surface area contributed by atoms with Gasteiger partial charge in [0.15, 0.2) is 0 Å². The topological polar surface area (TPSA) is 26.0 Å². The van der Waals surface area contributed by atoms with Crippen LogP contribution in [0, 0.1) is 0 Å². The van der Waals surface area contributed by atoms with Crippen LogP contribution in [0.4, 0.5) is 0 Å². The van der Waals surface area contributed by atoms with Crippen LogP contribution in [-0.2, 0) is 0 Å². The zero-order valence-corrected chi connectivity index (χ0v) is 10.5. The molecule has 0 aliphatic carbocycles. The van der Waals surface area contributed by atoms with E-state index in [1.807, 2.05) is 0 Å². The third-order valence-electron chi connectivity index (χ3n) is 2.72. The van der Waals surface area contributed by atoms with Crippen molar-refractivity contribution in [3.63, 3.8) is 0 Å². The van der Waals surface area contributed by atoms with E-state index in [2.05, 4.69) is 19.1 Å². The first-order chi connectivity index (χ1) is 7.41. The highest BCUT2D eigenvalue weighted by atomic mass is 14.5. The Morgan fingerprint density at radius 2 is 1.27 bits per heavy atom. The van der Waals surface area contributed by atoms with Gasteiger partial charge in [-0.1, -0.05) is 64.0 Å². The van der Waals surface area contributed by atoms with Gasteiger partial charge in [0.1, 0.15) is 0 Å². The maximum absolute atomic E-state index is 5.40. The lowest BCUT2D eigenvalue weighted by molar-refractivity contribution is 0.577. The van der Waals surface area contributed by atoms with Gasteiger partial charge in [-0.25, -0.2) is 0 Å². The Morgan fingerprint density at radius 1 is 0.733 bits per heavy atom. The Bertz CT molecular complexity index is 129. The van der Waals surface area contributed by atoms with Gasteiger partial charge in [0.05, 0.1) is 0 Å². The van der Waals surface area contributed by atoms with Crippen LogP contribution in [-0.4, -0.2) is 6.54 Å². The summed E-state index contributed by atoms with van der Waals surface area (Å²) in [4.78, 5) is 0. The molecule has 0 rings (SSSR count). The smallest absolute Gasteiger partial charge is 0.00426 e. The number of hydrogen-bond donors (Lipinski definition) is 1. The van der Waals surface area contributed by atoms with Crippen molar-refractivity contribution < 1.29 is 0 Å². The maximum Gasteiger partial charge on any atom is -0.00426 e. The summed E-state index contributed by atoms with van der Waals surface area (Å²) >= 11 is 0. The fraction of sp³-hybridized carbons (Fsp3) is 0.857. The van der Waals surface area contributed by atoms with Crippen LogP contribution in [0.15, 0.2) is 12.2 Å². The van der Waals surface area contributed by atoms with Gasteiger partial charge in [-0.15, -0.1) is 0 Å². The molecule has 0 heterocycles. The summed E-state index contributed by atoms with van der Waals surface area (Å²) < 4.78 is 0. The maximum atomic E-state index is 5.40. The average Bonchev–Trinajstić information content (AvgIpc) is 2.26. The molecule has 0 aromatic heterocycles. The van der Waals surface area contributed by atoms with Crippen molar-refractivity contribution in [3.8, 4) is 0 Å². The standard InChI is InChI=1S/C14H29N/c1-2-3-4-5-6-7-8-9-10-11-12-13-14-15/h11-12H,2-10,13-15H2,1H3. The molecule has 0 atom stereocenters. The van der Waals surface area contributed by atoms with Gasteiger partial charge in [0.25, 0.3) is 0 Å². The van der Waals surface area contributed by atoms with Gasteiger partial charge in [0, 0.05) is 0 Å². The van der Waals surface area contributed by atoms with E-state index in [9.17, 15) is 0 Å². The normalized spacial score (nSPS) is 11.3. The van der Waals surface area contributed by atoms with Crippen LogP contribution >= 0.6 is 0 Å². The van der Waals surface area contributed by atoms with E-state index in [-0.39, 0.29) is 0 Å². The highest BCUT2D eigenvalue weighted by Crippen LogP contribution is 2.09.